The molecule has 3 atom stereocenters. The van der Waals surface area contributed by atoms with Crippen LogP contribution in [0.1, 0.15) is 40.0 Å². The zero-order chi connectivity index (χ0) is 12.1. The summed E-state index contributed by atoms with van der Waals surface area (Å²) in [4.78, 5) is 14.0. The van der Waals surface area contributed by atoms with Gasteiger partial charge in [-0.2, -0.15) is 11.8 Å². The van der Waals surface area contributed by atoms with E-state index in [-0.39, 0.29) is 6.04 Å². The van der Waals surface area contributed by atoms with E-state index in [9.17, 15) is 4.79 Å². The number of nitrogens with zero attached hydrogens (tertiary/aromatic N) is 1. The highest BCUT2D eigenvalue weighted by atomic mass is 32.2. The van der Waals surface area contributed by atoms with Crippen LogP contribution in [0.25, 0.3) is 0 Å². The number of hydrogen-bond acceptors (Lipinski definition) is 3. The minimum absolute atomic E-state index is 0.211. The molecule has 1 heterocycles. The van der Waals surface area contributed by atoms with Gasteiger partial charge in [-0.05, 0) is 19.8 Å². The number of carbonyl (C=O) groups is 1. The average Bonchev–Trinajstić information content (AvgIpc) is 2.15. The molecular weight excluding hydrogens is 220 g/mol. The number of nitrogens with two attached hydrogens (primary N) is 1. The molecule has 0 aromatic heterocycles. The Hall–Kier alpha value is -0.220. The van der Waals surface area contributed by atoms with Crippen molar-refractivity contribution in [3.63, 3.8) is 0 Å². The minimum atomic E-state index is 0.211. The molecule has 1 aliphatic rings. The molecule has 0 aromatic rings. The van der Waals surface area contributed by atoms with E-state index in [0.717, 1.165) is 25.9 Å². The highest BCUT2D eigenvalue weighted by molar-refractivity contribution is 8.00. The molecule has 0 aromatic carbocycles. The van der Waals surface area contributed by atoms with Crippen molar-refractivity contribution in [2.75, 3.05) is 13.1 Å². The summed E-state index contributed by atoms with van der Waals surface area (Å²) in [6.07, 6.45) is 2.52. The Morgan fingerprint density at radius 1 is 1.44 bits per heavy atom. The van der Waals surface area contributed by atoms with Crippen LogP contribution in [-0.2, 0) is 4.79 Å². The van der Waals surface area contributed by atoms with Gasteiger partial charge in [-0.3, -0.25) is 4.79 Å². The van der Waals surface area contributed by atoms with Gasteiger partial charge in [0.15, 0.2) is 0 Å². The van der Waals surface area contributed by atoms with Crippen LogP contribution in [0.3, 0.4) is 0 Å². The number of carbonyl (C=O) groups excluding carboxylic acids is 1. The minimum Gasteiger partial charge on any atom is -0.341 e. The first kappa shape index (κ1) is 13.8. The Kier molecular flexibility index (Phi) is 5.62. The highest BCUT2D eigenvalue weighted by Gasteiger charge is 2.25. The molecule has 1 fully saturated rings. The second kappa shape index (κ2) is 6.50. The zero-order valence-corrected chi connectivity index (χ0v) is 11.4. The maximum absolute atomic E-state index is 11.9. The molecule has 0 aliphatic carbocycles. The lowest BCUT2D eigenvalue weighted by molar-refractivity contribution is -0.131. The van der Waals surface area contributed by atoms with Crippen LogP contribution < -0.4 is 5.73 Å². The van der Waals surface area contributed by atoms with Crippen molar-refractivity contribution >= 4 is 17.7 Å². The van der Waals surface area contributed by atoms with Gasteiger partial charge in [-0.25, -0.2) is 0 Å². The third-order valence-corrected chi connectivity index (χ3v) is 4.05. The first-order valence-electron chi connectivity index (χ1n) is 6.18. The second-order valence-electron chi connectivity index (χ2n) is 4.93. The van der Waals surface area contributed by atoms with Crippen molar-refractivity contribution in [3.05, 3.63) is 0 Å². The SMILES string of the molecule is CC(N)CCCC(=O)N1CC(C)SC(C)C1. The molecule has 1 aliphatic heterocycles. The van der Waals surface area contributed by atoms with E-state index in [2.05, 4.69) is 13.8 Å². The van der Waals surface area contributed by atoms with Crippen molar-refractivity contribution in [2.24, 2.45) is 5.73 Å². The largest absolute Gasteiger partial charge is 0.341 e. The molecule has 1 saturated heterocycles. The van der Waals surface area contributed by atoms with Crippen LogP contribution in [0.2, 0.25) is 0 Å². The smallest absolute Gasteiger partial charge is 0.222 e. The lowest BCUT2D eigenvalue weighted by Crippen LogP contribution is -2.44. The molecule has 1 amide bonds. The summed E-state index contributed by atoms with van der Waals surface area (Å²) >= 11 is 1.98. The Bertz CT molecular complexity index is 223. The van der Waals surface area contributed by atoms with Gasteiger partial charge in [0.1, 0.15) is 0 Å². The van der Waals surface area contributed by atoms with Crippen LogP contribution in [0.4, 0.5) is 0 Å². The molecule has 94 valence electrons. The van der Waals surface area contributed by atoms with E-state index in [1.807, 2.05) is 23.6 Å². The Labute approximate surface area is 103 Å². The molecule has 16 heavy (non-hydrogen) atoms. The summed E-state index contributed by atoms with van der Waals surface area (Å²) in [7, 11) is 0. The molecule has 0 saturated carbocycles. The summed E-state index contributed by atoms with van der Waals surface area (Å²) in [6.45, 7) is 8.20. The predicted octanol–water partition coefficient (Wildman–Crippen LogP) is 1.86. The highest BCUT2D eigenvalue weighted by Crippen LogP contribution is 2.25. The molecule has 0 bridgehead atoms. The van der Waals surface area contributed by atoms with Crippen LogP contribution >= 0.6 is 11.8 Å². The van der Waals surface area contributed by atoms with Gasteiger partial charge in [0.05, 0.1) is 0 Å². The van der Waals surface area contributed by atoms with E-state index in [0.29, 0.717) is 22.8 Å². The summed E-state index contributed by atoms with van der Waals surface area (Å²) in [6, 6.07) is 0.211. The Balaban J connectivity index is 2.30. The molecule has 0 radical (unpaired) electrons. The van der Waals surface area contributed by atoms with Crippen LogP contribution in [0.5, 0.6) is 0 Å². The van der Waals surface area contributed by atoms with Crippen LogP contribution in [0.15, 0.2) is 0 Å². The molecular formula is C12H24N2OS. The van der Waals surface area contributed by atoms with E-state index < -0.39 is 0 Å². The standard InChI is InChI=1S/C12H24N2OS/c1-9(13)5-4-6-12(15)14-7-10(2)16-11(3)8-14/h9-11H,4-8,13H2,1-3H3. The maximum atomic E-state index is 11.9. The van der Waals surface area contributed by atoms with Crippen molar-refractivity contribution in [1.82, 2.24) is 4.90 Å². The van der Waals surface area contributed by atoms with E-state index in [1.54, 1.807) is 0 Å². The number of thioether (sulfide) groups is 1. The number of rotatable bonds is 4. The fourth-order valence-corrected chi connectivity index (χ4v) is 3.44. The number of amides is 1. The molecule has 1 rings (SSSR count). The summed E-state index contributed by atoms with van der Waals surface area (Å²) in [5.74, 6) is 0.305. The maximum Gasteiger partial charge on any atom is 0.222 e. The molecule has 4 heteroatoms. The lowest BCUT2D eigenvalue weighted by Gasteiger charge is -2.34. The predicted molar refractivity (Wildman–Crippen MR) is 70.6 cm³/mol. The van der Waals surface area contributed by atoms with Gasteiger partial charge in [-0.15, -0.1) is 0 Å². The van der Waals surface area contributed by atoms with Gasteiger partial charge in [0.25, 0.3) is 0 Å². The fraction of sp³-hybridized carbons (Fsp3) is 0.917. The first-order chi connectivity index (χ1) is 7.49. The van der Waals surface area contributed by atoms with Crippen LogP contribution in [-0.4, -0.2) is 40.4 Å². The summed E-state index contributed by atoms with van der Waals surface area (Å²) < 4.78 is 0. The summed E-state index contributed by atoms with van der Waals surface area (Å²) in [5.41, 5.74) is 5.67. The van der Waals surface area contributed by atoms with Crippen molar-refractivity contribution in [1.29, 1.82) is 0 Å². The molecule has 3 nitrogen and oxygen atoms in total. The first-order valence-corrected chi connectivity index (χ1v) is 7.12. The summed E-state index contributed by atoms with van der Waals surface area (Å²) in [5, 5.41) is 1.14. The Morgan fingerprint density at radius 2 is 2.00 bits per heavy atom. The van der Waals surface area contributed by atoms with Gasteiger partial charge in [-0.1, -0.05) is 13.8 Å². The van der Waals surface area contributed by atoms with Crippen molar-refractivity contribution in [3.8, 4) is 0 Å². The van der Waals surface area contributed by atoms with Crippen molar-refractivity contribution < 1.29 is 4.79 Å². The quantitative estimate of drug-likeness (QED) is 0.821. The van der Waals surface area contributed by atoms with E-state index in [1.165, 1.54) is 0 Å². The number of hydrogen-bond donors (Lipinski definition) is 1. The van der Waals surface area contributed by atoms with Gasteiger partial charge in [0, 0.05) is 36.1 Å². The average molecular weight is 244 g/mol. The molecule has 0 spiro atoms. The Morgan fingerprint density at radius 3 is 2.50 bits per heavy atom. The van der Waals surface area contributed by atoms with Crippen molar-refractivity contribution in [2.45, 2.75) is 56.6 Å². The second-order valence-corrected chi connectivity index (χ2v) is 6.81. The monoisotopic (exact) mass is 244 g/mol. The van der Waals surface area contributed by atoms with Gasteiger partial charge < -0.3 is 10.6 Å². The van der Waals surface area contributed by atoms with Crippen LogP contribution in [0, 0.1) is 0 Å². The van der Waals surface area contributed by atoms with Gasteiger partial charge in [0.2, 0.25) is 5.91 Å². The molecule has 2 N–H and O–H groups in total. The topological polar surface area (TPSA) is 46.3 Å². The van der Waals surface area contributed by atoms with E-state index >= 15 is 0 Å². The van der Waals surface area contributed by atoms with E-state index in [4.69, 9.17) is 5.73 Å². The molecule has 3 unspecified atom stereocenters. The fourth-order valence-electron chi connectivity index (χ4n) is 2.11. The zero-order valence-electron chi connectivity index (χ0n) is 10.6. The van der Waals surface area contributed by atoms with Gasteiger partial charge >= 0.3 is 0 Å². The third kappa shape index (κ3) is 4.74. The normalized spacial score (nSPS) is 27.9. The lowest BCUT2D eigenvalue weighted by atomic mass is 10.1. The third-order valence-electron chi connectivity index (χ3n) is 2.82.